The molecule has 0 aromatic carbocycles. The zero-order valence-electron chi connectivity index (χ0n) is 9.75. The van der Waals surface area contributed by atoms with Crippen molar-refractivity contribution in [1.82, 2.24) is 10.6 Å². The van der Waals surface area contributed by atoms with Crippen molar-refractivity contribution in [3.63, 3.8) is 0 Å². The number of fused-ring (bicyclic) bond motifs is 1. The van der Waals surface area contributed by atoms with Crippen LogP contribution < -0.4 is 10.6 Å². The van der Waals surface area contributed by atoms with Crippen LogP contribution in [0.15, 0.2) is 0 Å². The Morgan fingerprint density at radius 3 is 2.73 bits per heavy atom. The summed E-state index contributed by atoms with van der Waals surface area (Å²) in [6.07, 6.45) is 3.62. The Kier molecular flexibility index (Phi) is 3.29. The van der Waals surface area contributed by atoms with Crippen LogP contribution in [0.1, 0.15) is 33.1 Å². The van der Waals surface area contributed by atoms with Gasteiger partial charge in [-0.15, -0.1) is 0 Å². The average molecular weight is 210 g/mol. The van der Waals surface area contributed by atoms with Crippen LogP contribution in [0, 0.1) is 17.8 Å². The lowest BCUT2D eigenvalue weighted by Crippen LogP contribution is -2.42. The van der Waals surface area contributed by atoms with Gasteiger partial charge < -0.3 is 10.6 Å². The SMILES string of the molecule is CC(C)C(=O)NC1CC[C@H]2CNC[C@H]2C1. The lowest BCUT2D eigenvalue weighted by atomic mass is 9.79. The van der Waals surface area contributed by atoms with Gasteiger partial charge in [0.15, 0.2) is 0 Å². The molecule has 1 aliphatic heterocycles. The van der Waals surface area contributed by atoms with E-state index in [-0.39, 0.29) is 11.8 Å². The molecular weight excluding hydrogens is 188 g/mol. The molecule has 0 aromatic rings. The van der Waals surface area contributed by atoms with Crippen LogP contribution >= 0.6 is 0 Å². The van der Waals surface area contributed by atoms with E-state index in [9.17, 15) is 4.79 Å². The summed E-state index contributed by atoms with van der Waals surface area (Å²) in [5.41, 5.74) is 0. The van der Waals surface area contributed by atoms with E-state index in [1.54, 1.807) is 0 Å². The predicted molar refractivity (Wildman–Crippen MR) is 60.5 cm³/mol. The molecular formula is C12H22N2O. The number of hydrogen-bond donors (Lipinski definition) is 2. The van der Waals surface area contributed by atoms with Crippen LogP contribution in [0.4, 0.5) is 0 Å². The van der Waals surface area contributed by atoms with Gasteiger partial charge in [-0.3, -0.25) is 4.79 Å². The highest BCUT2D eigenvalue weighted by molar-refractivity contribution is 5.78. The molecule has 1 heterocycles. The molecule has 2 aliphatic rings. The van der Waals surface area contributed by atoms with Crippen molar-refractivity contribution in [2.24, 2.45) is 17.8 Å². The number of hydrogen-bond acceptors (Lipinski definition) is 2. The third kappa shape index (κ3) is 2.51. The summed E-state index contributed by atoms with van der Waals surface area (Å²) >= 11 is 0. The minimum atomic E-state index is 0.115. The Morgan fingerprint density at radius 1 is 1.27 bits per heavy atom. The van der Waals surface area contributed by atoms with E-state index in [1.165, 1.54) is 25.8 Å². The van der Waals surface area contributed by atoms with E-state index in [0.29, 0.717) is 6.04 Å². The Labute approximate surface area is 92.0 Å². The molecule has 0 spiro atoms. The first-order valence-corrected chi connectivity index (χ1v) is 6.18. The van der Waals surface area contributed by atoms with Crippen LogP contribution in [0.3, 0.4) is 0 Å². The van der Waals surface area contributed by atoms with Gasteiger partial charge in [0.25, 0.3) is 0 Å². The van der Waals surface area contributed by atoms with Crippen molar-refractivity contribution in [3.8, 4) is 0 Å². The smallest absolute Gasteiger partial charge is 0.222 e. The second-order valence-corrected chi connectivity index (χ2v) is 5.35. The summed E-state index contributed by atoms with van der Waals surface area (Å²) < 4.78 is 0. The number of amides is 1. The van der Waals surface area contributed by atoms with Crippen LogP contribution in [0.5, 0.6) is 0 Å². The lowest BCUT2D eigenvalue weighted by Gasteiger charge is -2.32. The molecule has 15 heavy (non-hydrogen) atoms. The number of carbonyl (C=O) groups is 1. The summed E-state index contributed by atoms with van der Waals surface area (Å²) in [6, 6.07) is 0.432. The van der Waals surface area contributed by atoms with E-state index in [4.69, 9.17) is 0 Å². The first-order valence-electron chi connectivity index (χ1n) is 6.18. The van der Waals surface area contributed by atoms with Gasteiger partial charge in [-0.2, -0.15) is 0 Å². The molecule has 1 unspecified atom stereocenters. The quantitative estimate of drug-likeness (QED) is 0.718. The largest absolute Gasteiger partial charge is 0.353 e. The molecule has 0 bridgehead atoms. The standard InChI is InChI=1S/C12H22N2O/c1-8(2)12(15)14-11-4-3-9-6-13-7-10(9)5-11/h8-11,13H,3-7H2,1-2H3,(H,14,15)/t9-,10+,11?/m0/s1. The van der Waals surface area contributed by atoms with Crippen molar-refractivity contribution in [2.45, 2.75) is 39.2 Å². The zero-order chi connectivity index (χ0) is 10.8. The van der Waals surface area contributed by atoms with Gasteiger partial charge >= 0.3 is 0 Å². The minimum absolute atomic E-state index is 0.115. The van der Waals surface area contributed by atoms with Gasteiger partial charge in [-0.05, 0) is 44.2 Å². The van der Waals surface area contributed by atoms with Gasteiger partial charge in [0.2, 0.25) is 5.91 Å². The van der Waals surface area contributed by atoms with Gasteiger partial charge in [0.05, 0.1) is 0 Å². The molecule has 2 rings (SSSR count). The molecule has 1 aliphatic carbocycles. The maximum Gasteiger partial charge on any atom is 0.222 e. The van der Waals surface area contributed by atoms with Crippen LogP contribution in [-0.2, 0) is 4.79 Å². The Morgan fingerprint density at radius 2 is 2.00 bits per heavy atom. The first kappa shape index (κ1) is 10.9. The Bertz CT molecular complexity index is 240. The van der Waals surface area contributed by atoms with Crippen molar-refractivity contribution in [3.05, 3.63) is 0 Å². The van der Waals surface area contributed by atoms with Gasteiger partial charge in [-0.25, -0.2) is 0 Å². The fourth-order valence-electron chi connectivity index (χ4n) is 2.80. The van der Waals surface area contributed by atoms with E-state index in [2.05, 4.69) is 10.6 Å². The topological polar surface area (TPSA) is 41.1 Å². The molecule has 3 atom stereocenters. The molecule has 0 aromatic heterocycles. The second kappa shape index (κ2) is 4.52. The first-order chi connectivity index (χ1) is 7.16. The van der Waals surface area contributed by atoms with Crippen LogP contribution in [-0.4, -0.2) is 25.0 Å². The monoisotopic (exact) mass is 210 g/mol. The molecule has 1 saturated heterocycles. The third-order valence-corrected chi connectivity index (χ3v) is 3.82. The van der Waals surface area contributed by atoms with Crippen molar-refractivity contribution >= 4 is 5.91 Å². The van der Waals surface area contributed by atoms with Gasteiger partial charge in [-0.1, -0.05) is 13.8 Å². The Balaban J connectivity index is 1.82. The average Bonchev–Trinajstić information content (AvgIpc) is 2.64. The van der Waals surface area contributed by atoms with Gasteiger partial charge in [0, 0.05) is 12.0 Å². The summed E-state index contributed by atoms with van der Waals surface area (Å²) in [7, 11) is 0. The summed E-state index contributed by atoms with van der Waals surface area (Å²) in [4.78, 5) is 11.6. The van der Waals surface area contributed by atoms with E-state index >= 15 is 0 Å². The normalized spacial score (nSPS) is 35.3. The molecule has 1 amide bonds. The fraction of sp³-hybridized carbons (Fsp3) is 0.917. The highest BCUT2D eigenvalue weighted by atomic mass is 16.1. The summed E-state index contributed by atoms with van der Waals surface area (Å²) in [5.74, 6) is 2.00. The minimum Gasteiger partial charge on any atom is -0.353 e. The predicted octanol–water partition coefficient (Wildman–Crippen LogP) is 1.15. The van der Waals surface area contributed by atoms with E-state index in [1.807, 2.05) is 13.8 Å². The molecule has 0 radical (unpaired) electrons. The highest BCUT2D eigenvalue weighted by Crippen LogP contribution is 2.32. The van der Waals surface area contributed by atoms with Crippen molar-refractivity contribution in [1.29, 1.82) is 0 Å². The molecule has 3 nitrogen and oxygen atoms in total. The zero-order valence-corrected chi connectivity index (χ0v) is 9.75. The summed E-state index contributed by atoms with van der Waals surface area (Å²) in [6.45, 7) is 6.25. The molecule has 86 valence electrons. The van der Waals surface area contributed by atoms with Crippen molar-refractivity contribution in [2.75, 3.05) is 13.1 Å². The van der Waals surface area contributed by atoms with E-state index in [0.717, 1.165) is 18.4 Å². The molecule has 1 saturated carbocycles. The van der Waals surface area contributed by atoms with Crippen LogP contribution in [0.2, 0.25) is 0 Å². The highest BCUT2D eigenvalue weighted by Gasteiger charge is 2.34. The number of nitrogens with one attached hydrogen (secondary N) is 2. The number of rotatable bonds is 2. The molecule has 2 fully saturated rings. The maximum absolute atomic E-state index is 11.6. The van der Waals surface area contributed by atoms with Crippen LogP contribution in [0.25, 0.3) is 0 Å². The molecule has 2 N–H and O–H groups in total. The maximum atomic E-state index is 11.6. The number of carbonyl (C=O) groups excluding carboxylic acids is 1. The molecule has 3 heteroatoms. The van der Waals surface area contributed by atoms with Crippen molar-refractivity contribution < 1.29 is 4.79 Å². The third-order valence-electron chi connectivity index (χ3n) is 3.82. The van der Waals surface area contributed by atoms with E-state index < -0.39 is 0 Å². The summed E-state index contributed by atoms with van der Waals surface area (Å²) in [5, 5.41) is 6.61. The fourth-order valence-corrected chi connectivity index (χ4v) is 2.80. The second-order valence-electron chi connectivity index (χ2n) is 5.35. The Hall–Kier alpha value is -0.570. The van der Waals surface area contributed by atoms with Gasteiger partial charge in [0.1, 0.15) is 0 Å². The lowest BCUT2D eigenvalue weighted by molar-refractivity contribution is -0.125.